The molecule has 0 N–H and O–H groups in total. The maximum Gasteiger partial charge on any atom is 0.309 e. The lowest BCUT2D eigenvalue weighted by atomic mass is 9.88. The molecule has 0 radical (unpaired) electrons. The molecular formula is C29H41NO4. The van der Waals surface area contributed by atoms with E-state index in [1.807, 2.05) is 6.92 Å². The first-order chi connectivity index (χ1) is 16.5. The van der Waals surface area contributed by atoms with Crippen LogP contribution in [0.5, 0.6) is 5.75 Å². The van der Waals surface area contributed by atoms with Crippen LogP contribution in [-0.4, -0.2) is 49.4 Å². The zero-order valence-corrected chi connectivity index (χ0v) is 21.1. The standard InChI is InChI=1S/C29H41NO4/c1-4-32-29(31)24-13-15-30(16-14-24)19-23-5-8-26-18-28(12-9-25(26)17-23)34-27-10-6-22(7-11-27)20-33-21(2)3/h5,8-9,12,17-18,21-22,24,27H,4,6-7,10-11,13-16,19-20H2,1-3H3/t22-,27-. The van der Waals surface area contributed by atoms with Gasteiger partial charge in [-0.05, 0) is 113 Å². The first kappa shape index (κ1) is 25.0. The van der Waals surface area contributed by atoms with Crippen molar-refractivity contribution in [2.75, 3.05) is 26.3 Å². The van der Waals surface area contributed by atoms with Crippen LogP contribution in [0.1, 0.15) is 64.9 Å². The van der Waals surface area contributed by atoms with Crippen molar-refractivity contribution in [2.24, 2.45) is 11.8 Å². The van der Waals surface area contributed by atoms with E-state index in [2.05, 4.69) is 55.1 Å². The zero-order chi connectivity index (χ0) is 23.9. The Balaban J connectivity index is 1.27. The maximum absolute atomic E-state index is 12.0. The molecule has 2 aromatic carbocycles. The fourth-order valence-electron chi connectivity index (χ4n) is 5.23. The topological polar surface area (TPSA) is 48.0 Å². The number of hydrogen-bond donors (Lipinski definition) is 0. The molecule has 2 fully saturated rings. The Morgan fingerprint density at radius 1 is 0.971 bits per heavy atom. The van der Waals surface area contributed by atoms with Crippen LogP contribution in [0.15, 0.2) is 36.4 Å². The second kappa shape index (κ2) is 12.0. The first-order valence-electron chi connectivity index (χ1n) is 13.2. The number of rotatable bonds is 9. The molecule has 1 aliphatic carbocycles. The van der Waals surface area contributed by atoms with Gasteiger partial charge in [-0.15, -0.1) is 0 Å². The Morgan fingerprint density at radius 3 is 2.38 bits per heavy atom. The number of fused-ring (bicyclic) bond motifs is 1. The molecule has 186 valence electrons. The lowest BCUT2D eigenvalue weighted by Gasteiger charge is -2.30. The molecule has 1 saturated carbocycles. The normalized spacial score (nSPS) is 22.2. The highest BCUT2D eigenvalue weighted by Crippen LogP contribution is 2.30. The largest absolute Gasteiger partial charge is 0.490 e. The van der Waals surface area contributed by atoms with Crippen molar-refractivity contribution in [3.63, 3.8) is 0 Å². The summed E-state index contributed by atoms with van der Waals surface area (Å²) in [5.41, 5.74) is 1.32. The number of carbonyl (C=O) groups excluding carboxylic acids is 1. The Bertz CT molecular complexity index is 927. The second-order valence-corrected chi connectivity index (χ2v) is 10.3. The number of piperidine rings is 1. The van der Waals surface area contributed by atoms with Gasteiger partial charge < -0.3 is 14.2 Å². The predicted octanol–water partition coefficient (Wildman–Crippen LogP) is 5.98. The van der Waals surface area contributed by atoms with Crippen LogP contribution in [0.25, 0.3) is 10.8 Å². The first-order valence-corrected chi connectivity index (χ1v) is 13.2. The Kier molecular flexibility index (Phi) is 8.85. The van der Waals surface area contributed by atoms with Crippen molar-refractivity contribution in [3.05, 3.63) is 42.0 Å². The maximum atomic E-state index is 12.0. The van der Waals surface area contributed by atoms with Gasteiger partial charge in [0.05, 0.1) is 24.7 Å². The van der Waals surface area contributed by atoms with Gasteiger partial charge in [0.25, 0.3) is 0 Å². The Labute approximate surface area is 204 Å². The highest BCUT2D eigenvalue weighted by Gasteiger charge is 2.26. The monoisotopic (exact) mass is 467 g/mol. The van der Waals surface area contributed by atoms with E-state index in [-0.39, 0.29) is 11.9 Å². The molecule has 2 aromatic rings. The van der Waals surface area contributed by atoms with Crippen LogP contribution in [0, 0.1) is 11.8 Å². The van der Waals surface area contributed by atoms with Crippen molar-refractivity contribution in [2.45, 2.75) is 78.0 Å². The summed E-state index contributed by atoms with van der Waals surface area (Å²) in [6.45, 7) is 10.2. The number of benzene rings is 2. The lowest BCUT2D eigenvalue weighted by Crippen LogP contribution is -2.36. The van der Waals surface area contributed by atoms with E-state index < -0.39 is 0 Å². The van der Waals surface area contributed by atoms with Crippen molar-refractivity contribution in [3.8, 4) is 5.75 Å². The van der Waals surface area contributed by atoms with Gasteiger partial charge in [0.15, 0.2) is 0 Å². The average molecular weight is 468 g/mol. The summed E-state index contributed by atoms with van der Waals surface area (Å²) in [7, 11) is 0. The molecule has 1 aliphatic heterocycles. The van der Waals surface area contributed by atoms with Gasteiger partial charge in [-0.1, -0.05) is 18.2 Å². The summed E-state index contributed by atoms with van der Waals surface area (Å²) in [5, 5.41) is 2.47. The zero-order valence-electron chi connectivity index (χ0n) is 21.1. The van der Waals surface area contributed by atoms with Crippen LogP contribution in [-0.2, 0) is 20.8 Å². The van der Waals surface area contributed by atoms with Gasteiger partial charge in [0, 0.05) is 13.2 Å². The number of carbonyl (C=O) groups is 1. The van der Waals surface area contributed by atoms with E-state index in [0.29, 0.717) is 24.7 Å². The van der Waals surface area contributed by atoms with E-state index in [4.69, 9.17) is 14.2 Å². The quantitative estimate of drug-likeness (QED) is 0.425. The summed E-state index contributed by atoms with van der Waals surface area (Å²) < 4.78 is 17.3. The van der Waals surface area contributed by atoms with Crippen molar-refractivity contribution >= 4 is 16.7 Å². The van der Waals surface area contributed by atoms with Crippen LogP contribution in [0.3, 0.4) is 0 Å². The highest BCUT2D eigenvalue weighted by molar-refractivity contribution is 5.84. The van der Waals surface area contributed by atoms with Gasteiger partial charge in [0.2, 0.25) is 0 Å². The molecule has 5 heteroatoms. The number of ether oxygens (including phenoxy) is 3. The molecule has 0 unspecified atom stereocenters. The van der Waals surface area contributed by atoms with E-state index in [1.54, 1.807) is 0 Å². The fourth-order valence-corrected chi connectivity index (χ4v) is 5.23. The minimum atomic E-state index is -0.0286. The number of likely N-dealkylation sites (tertiary alicyclic amines) is 1. The summed E-state index contributed by atoms with van der Waals surface area (Å²) in [6, 6.07) is 13.2. The van der Waals surface area contributed by atoms with Gasteiger partial charge in [-0.25, -0.2) is 0 Å². The number of nitrogens with zero attached hydrogens (tertiary/aromatic N) is 1. The van der Waals surface area contributed by atoms with Gasteiger partial charge in [-0.2, -0.15) is 0 Å². The minimum absolute atomic E-state index is 0.0286. The van der Waals surface area contributed by atoms with Crippen LogP contribution in [0.4, 0.5) is 0 Å². The lowest BCUT2D eigenvalue weighted by molar-refractivity contribution is -0.149. The third-order valence-electron chi connectivity index (χ3n) is 7.25. The van der Waals surface area contributed by atoms with Crippen LogP contribution >= 0.6 is 0 Å². The Morgan fingerprint density at radius 2 is 1.68 bits per heavy atom. The molecule has 1 saturated heterocycles. The molecule has 0 spiro atoms. The van der Waals surface area contributed by atoms with Gasteiger partial charge >= 0.3 is 5.97 Å². The van der Waals surface area contributed by atoms with Crippen LogP contribution < -0.4 is 4.74 Å². The molecular weight excluding hydrogens is 426 g/mol. The van der Waals surface area contributed by atoms with E-state index in [0.717, 1.165) is 57.7 Å². The fraction of sp³-hybridized carbons (Fsp3) is 0.621. The van der Waals surface area contributed by atoms with E-state index >= 15 is 0 Å². The number of hydrogen-bond acceptors (Lipinski definition) is 5. The predicted molar refractivity (Wildman–Crippen MR) is 136 cm³/mol. The Hall–Kier alpha value is -2.11. The molecule has 0 atom stereocenters. The third kappa shape index (κ3) is 6.96. The SMILES string of the molecule is CCOC(=O)C1CCN(Cc2ccc3cc(O[C@H]4CC[C@H](COC(C)C)CC4)ccc3c2)CC1. The minimum Gasteiger partial charge on any atom is -0.490 e. The van der Waals surface area contributed by atoms with Crippen LogP contribution in [0.2, 0.25) is 0 Å². The average Bonchev–Trinajstić information content (AvgIpc) is 2.84. The van der Waals surface area contributed by atoms with Crippen molar-refractivity contribution < 1.29 is 19.0 Å². The molecule has 34 heavy (non-hydrogen) atoms. The van der Waals surface area contributed by atoms with Crippen molar-refractivity contribution in [1.82, 2.24) is 4.90 Å². The summed E-state index contributed by atoms with van der Waals surface area (Å²) in [6.07, 6.45) is 6.99. The van der Waals surface area contributed by atoms with Crippen molar-refractivity contribution in [1.29, 1.82) is 0 Å². The van der Waals surface area contributed by atoms with Gasteiger partial charge in [0.1, 0.15) is 5.75 Å². The van der Waals surface area contributed by atoms with E-state index in [1.165, 1.54) is 29.2 Å². The third-order valence-corrected chi connectivity index (χ3v) is 7.25. The summed E-state index contributed by atoms with van der Waals surface area (Å²) >= 11 is 0. The summed E-state index contributed by atoms with van der Waals surface area (Å²) in [4.78, 5) is 14.4. The summed E-state index contributed by atoms with van der Waals surface area (Å²) in [5.74, 6) is 1.69. The molecule has 5 nitrogen and oxygen atoms in total. The second-order valence-electron chi connectivity index (χ2n) is 10.3. The smallest absolute Gasteiger partial charge is 0.309 e. The molecule has 4 rings (SSSR count). The molecule has 1 heterocycles. The van der Waals surface area contributed by atoms with Gasteiger partial charge in [-0.3, -0.25) is 9.69 Å². The highest BCUT2D eigenvalue weighted by atomic mass is 16.5. The van der Waals surface area contributed by atoms with E-state index in [9.17, 15) is 4.79 Å². The molecule has 0 aromatic heterocycles. The number of esters is 1. The molecule has 0 bridgehead atoms. The molecule has 0 amide bonds. The molecule has 2 aliphatic rings.